The molecular weight excluding hydrogens is 329 g/mol. The predicted octanol–water partition coefficient (Wildman–Crippen LogP) is 0.838. The molecule has 3 fully saturated rings. The molecule has 3 aliphatic heterocycles. The minimum absolute atomic E-state index is 0.0108. The number of hydrogen-bond acceptors (Lipinski definition) is 5. The molecule has 0 aliphatic carbocycles. The average Bonchev–Trinajstić information content (AvgIpc) is 2.62. The van der Waals surface area contributed by atoms with Gasteiger partial charge in [0, 0.05) is 25.2 Å². The van der Waals surface area contributed by atoms with E-state index < -0.39 is 22.8 Å². The largest absolute Gasteiger partial charge is 0.477 e. The zero-order chi connectivity index (χ0) is 17.7. The van der Waals surface area contributed by atoms with Crippen molar-refractivity contribution >= 4 is 22.6 Å². The van der Waals surface area contributed by atoms with Crippen LogP contribution in [0.15, 0.2) is 23.1 Å². The number of piperidine rings is 2. The molecule has 2 aromatic rings. The summed E-state index contributed by atoms with van der Waals surface area (Å²) >= 11 is 0. The van der Waals surface area contributed by atoms with E-state index in [1.54, 1.807) is 6.07 Å². The van der Waals surface area contributed by atoms with Crippen molar-refractivity contribution in [2.24, 2.45) is 0 Å². The highest BCUT2D eigenvalue weighted by Crippen LogP contribution is 2.32. The van der Waals surface area contributed by atoms with Gasteiger partial charge < -0.3 is 20.2 Å². The third-order valence-electron chi connectivity index (χ3n) is 5.12. The first-order chi connectivity index (χ1) is 12.0. The molecule has 0 radical (unpaired) electrons. The Kier molecular flexibility index (Phi) is 3.64. The summed E-state index contributed by atoms with van der Waals surface area (Å²) in [4.78, 5) is 30.8. The second kappa shape index (κ2) is 5.73. The monoisotopic (exact) mass is 347 g/mol. The van der Waals surface area contributed by atoms with Crippen LogP contribution < -0.4 is 20.5 Å². The number of hydrogen-bond donors (Lipinski definition) is 2. The Morgan fingerprint density at radius 2 is 2.20 bits per heavy atom. The number of halogens is 1. The molecule has 4 heterocycles. The van der Waals surface area contributed by atoms with Gasteiger partial charge in [0.2, 0.25) is 5.43 Å². The molecule has 5 rings (SSSR count). The lowest BCUT2D eigenvalue weighted by Crippen LogP contribution is -2.61. The maximum absolute atomic E-state index is 14.8. The van der Waals surface area contributed by atoms with Crippen molar-refractivity contribution in [2.75, 3.05) is 25.1 Å². The zero-order valence-electron chi connectivity index (χ0n) is 13.7. The fraction of sp³-hybridized carbons (Fsp3) is 0.412. The molecule has 0 spiro atoms. The smallest absolute Gasteiger partial charge is 0.341 e. The maximum Gasteiger partial charge on any atom is 0.341 e. The van der Waals surface area contributed by atoms with Crippen molar-refractivity contribution in [3.05, 3.63) is 39.9 Å². The van der Waals surface area contributed by atoms with Crippen molar-refractivity contribution in [3.8, 4) is 0 Å². The van der Waals surface area contributed by atoms with Crippen LogP contribution in [0.1, 0.15) is 23.2 Å². The summed E-state index contributed by atoms with van der Waals surface area (Å²) in [6.45, 7) is 1.51. The molecule has 0 saturated carbocycles. The molecule has 132 valence electrons. The van der Waals surface area contributed by atoms with E-state index in [9.17, 15) is 14.0 Å². The normalized spacial score (nSPS) is 22.4. The van der Waals surface area contributed by atoms with E-state index in [1.165, 1.54) is 11.8 Å². The molecule has 8 heteroatoms. The number of anilines is 1. The number of carboxylic acid groups (broad SMARTS) is 1. The van der Waals surface area contributed by atoms with Crippen LogP contribution in [-0.4, -0.2) is 48.1 Å². The third kappa shape index (κ3) is 2.44. The second-order valence-electron chi connectivity index (χ2n) is 6.49. The Bertz CT molecular complexity index is 918. The van der Waals surface area contributed by atoms with E-state index in [0.717, 1.165) is 31.6 Å². The molecule has 1 aromatic carbocycles. The highest BCUT2D eigenvalue weighted by atomic mass is 19.1. The number of pyridine rings is 1. The van der Waals surface area contributed by atoms with Gasteiger partial charge in [0.15, 0.2) is 0 Å². The van der Waals surface area contributed by atoms with Crippen LogP contribution in [0.2, 0.25) is 0 Å². The number of nitrogens with one attached hydrogen (secondary N) is 1. The van der Waals surface area contributed by atoms with Crippen LogP contribution in [-0.2, 0) is 0 Å². The van der Waals surface area contributed by atoms with Gasteiger partial charge in [0.25, 0.3) is 0 Å². The first kappa shape index (κ1) is 15.9. The van der Waals surface area contributed by atoms with Crippen molar-refractivity contribution in [1.29, 1.82) is 0 Å². The second-order valence-corrected chi connectivity index (χ2v) is 6.49. The number of rotatable bonds is 3. The lowest BCUT2D eigenvalue weighted by atomic mass is 9.92. The van der Waals surface area contributed by atoms with Gasteiger partial charge in [0.1, 0.15) is 18.5 Å². The van der Waals surface area contributed by atoms with Crippen LogP contribution in [0.25, 0.3) is 10.9 Å². The molecule has 7 nitrogen and oxygen atoms in total. The number of nitrogens with zero attached hydrogens (tertiary/aromatic N) is 2. The van der Waals surface area contributed by atoms with Crippen molar-refractivity contribution in [3.63, 3.8) is 0 Å². The first-order valence-corrected chi connectivity index (χ1v) is 8.16. The van der Waals surface area contributed by atoms with Gasteiger partial charge in [0.05, 0.1) is 22.8 Å². The lowest BCUT2D eigenvalue weighted by molar-refractivity contribution is 0.0691. The Labute approximate surface area is 142 Å². The minimum atomic E-state index is -1.37. The van der Waals surface area contributed by atoms with Crippen LogP contribution in [0.5, 0.6) is 0 Å². The highest BCUT2D eigenvalue weighted by molar-refractivity contribution is 5.93. The van der Waals surface area contributed by atoms with E-state index in [2.05, 4.69) is 5.32 Å². The highest BCUT2D eigenvalue weighted by Gasteiger charge is 2.35. The quantitative estimate of drug-likeness (QED) is 0.856. The average molecular weight is 347 g/mol. The molecule has 2 atom stereocenters. The molecule has 3 aliphatic rings. The first-order valence-electron chi connectivity index (χ1n) is 8.16. The molecule has 2 unspecified atom stereocenters. The number of piperazine rings is 1. The minimum Gasteiger partial charge on any atom is -0.477 e. The van der Waals surface area contributed by atoms with E-state index >= 15 is 0 Å². The van der Waals surface area contributed by atoms with Gasteiger partial charge in [-0.05, 0) is 25.0 Å². The Morgan fingerprint density at radius 1 is 1.40 bits per heavy atom. The van der Waals surface area contributed by atoms with Gasteiger partial charge in [-0.2, -0.15) is 4.73 Å². The molecule has 2 bridgehead atoms. The van der Waals surface area contributed by atoms with E-state index in [-0.39, 0.29) is 11.4 Å². The summed E-state index contributed by atoms with van der Waals surface area (Å²) in [6, 6.07) is 3.23. The topological polar surface area (TPSA) is 83.8 Å². The summed E-state index contributed by atoms with van der Waals surface area (Å²) < 4.78 is 16.0. The SMILES string of the molecule is COn1cc(C(=O)O)c(=O)c2cc(F)c(N3CC4CCC3CN4)cc21. The van der Waals surface area contributed by atoms with Gasteiger partial charge in [-0.25, -0.2) is 9.18 Å². The number of benzene rings is 1. The Hall–Kier alpha value is -2.61. The van der Waals surface area contributed by atoms with Crippen LogP contribution in [0.4, 0.5) is 10.1 Å². The van der Waals surface area contributed by atoms with Crippen molar-refractivity contribution in [1.82, 2.24) is 10.0 Å². The number of aromatic nitrogens is 1. The molecule has 25 heavy (non-hydrogen) atoms. The lowest BCUT2D eigenvalue weighted by Gasteiger charge is -2.47. The summed E-state index contributed by atoms with van der Waals surface area (Å²) in [5.41, 5.74) is -0.411. The number of carboxylic acids is 1. The Morgan fingerprint density at radius 3 is 2.76 bits per heavy atom. The number of aromatic carboxylic acids is 1. The maximum atomic E-state index is 14.8. The van der Waals surface area contributed by atoms with Crippen LogP contribution >= 0.6 is 0 Å². The number of fused-ring (bicyclic) bond motifs is 4. The Balaban J connectivity index is 1.91. The van der Waals surface area contributed by atoms with Crippen LogP contribution in [0.3, 0.4) is 0 Å². The summed E-state index contributed by atoms with van der Waals surface area (Å²) in [5, 5.41) is 12.6. The van der Waals surface area contributed by atoms with Crippen LogP contribution in [0, 0.1) is 5.82 Å². The third-order valence-corrected chi connectivity index (χ3v) is 5.12. The standard InChI is InChI=1S/C17H18FN3O4/c1-25-21-8-12(17(23)24)16(22)11-4-13(18)15(5-14(11)21)20-7-9-2-3-10(20)6-19-9/h4-5,8-10,19H,2-3,6-7H2,1H3,(H,23,24). The summed E-state index contributed by atoms with van der Waals surface area (Å²) in [7, 11) is 1.37. The zero-order valence-corrected chi connectivity index (χ0v) is 13.7. The van der Waals surface area contributed by atoms with Gasteiger partial charge in [-0.1, -0.05) is 0 Å². The van der Waals surface area contributed by atoms with Crippen molar-refractivity contribution in [2.45, 2.75) is 24.9 Å². The fourth-order valence-corrected chi connectivity index (χ4v) is 3.83. The molecule has 2 N–H and O–H groups in total. The van der Waals surface area contributed by atoms with E-state index in [4.69, 9.17) is 9.94 Å². The van der Waals surface area contributed by atoms with E-state index in [0.29, 0.717) is 23.8 Å². The fourth-order valence-electron chi connectivity index (χ4n) is 3.83. The van der Waals surface area contributed by atoms with E-state index in [1.807, 2.05) is 4.90 Å². The van der Waals surface area contributed by atoms with Gasteiger partial charge >= 0.3 is 5.97 Å². The molecule has 0 amide bonds. The summed E-state index contributed by atoms with van der Waals surface area (Å²) in [5.74, 6) is -1.90. The van der Waals surface area contributed by atoms with Gasteiger partial charge in [-0.15, -0.1) is 0 Å². The molecular formula is C17H18FN3O4. The van der Waals surface area contributed by atoms with Gasteiger partial charge in [-0.3, -0.25) is 4.79 Å². The predicted molar refractivity (Wildman–Crippen MR) is 89.8 cm³/mol. The molecule has 3 saturated heterocycles. The van der Waals surface area contributed by atoms with Crippen molar-refractivity contribution < 1.29 is 19.1 Å². The molecule has 1 aromatic heterocycles. The number of carbonyl (C=O) groups is 1. The summed E-state index contributed by atoms with van der Waals surface area (Å²) in [6.07, 6.45) is 3.18.